The third kappa shape index (κ3) is 1.44. The summed E-state index contributed by atoms with van der Waals surface area (Å²) in [6, 6.07) is 14.6. The molecule has 0 radical (unpaired) electrons. The second-order valence-electron chi connectivity index (χ2n) is 6.71. The van der Waals surface area contributed by atoms with Crippen LogP contribution in [0.3, 0.4) is 0 Å². The molecule has 0 bridgehead atoms. The number of hydrogen-bond acceptors (Lipinski definition) is 1. The molecule has 1 aliphatic heterocycles. The summed E-state index contributed by atoms with van der Waals surface area (Å²) in [6.07, 6.45) is 3.48. The third-order valence-corrected chi connectivity index (χ3v) is 6.00. The van der Waals surface area contributed by atoms with Crippen LogP contribution in [-0.4, -0.2) is 11.9 Å². The summed E-state index contributed by atoms with van der Waals surface area (Å²) >= 11 is 6.20. The topological polar surface area (TPSA) is 29.1 Å². The lowest BCUT2D eigenvalue weighted by Crippen LogP contribution is -2.34. The molecule has 5 rings (SSSR count). The first-order valence-corrected chi connectivity index (χ1v) is 8.28. The van der Waals surface area contributed by atoms with Gasteiger partial charge in [-0.15, -0.1) is 0 Å². The highest BCUT2D eigenvalue weighted by Crippen LogP contribution is 2.67. The van der Waals surface area contributed by atoms with Crippen molar-refractivity contribution in [2.24, 2.45) is 0 Å². The molecule has 0 aromatic heterocycles. The summed E-state index contributed by atoms with van der Waals surface area (Å²) in [6.45, 7) is 0. The Hall–Kier alpha value is -1.80. The van der Waals surface area contributed by atoms with Crippen LogP contribution >= 0.6 is 11.6 Å². The van der Waals surface area contributed by atoms with Crippen molar-refractivity contribution in [1.82, 2.24) is 5.32 Å². The van der Waals surface area contributed by atoms with Crippen LogP contribution < -0.4 is 5.32 Å². The number of carbonyl (C=O) groups is 1. The van der Waals surface area contributed by atoms with Crippen LogP contribution in [0.4, 0.5) is 0 Å². The maximum Gasteiger partial charge on any atom is 0.251 e. The molecule has 3 atom stereocenters. The third-order valence-electron chi connectivity index (χ3n) is 5.77. The Morgan fingerprint density at radius 2 is 2.05 bits per heavy atom. The van der Waals surface area contributed by atoms with Crippen LogP contribution in [0.15, 0.2) is 42.5 Å². The fraction of sp³-hybridized carbons (Fsp3) is 0.316. The monoisotopic (exact) mass is 309 g/mol. The van der Waals surface area contributed by atoms with E-state index in [-0.39, 0.29) is 17.4 Å². The Morgan fingerprint density at radius 1 is 1.18 bits per heavy atom. The van der Waals surface area contributed by atoms with Gasteiger partial charge in [-0.05, 0) is 54.2 Å². The highest BCUT2D eigenvalue weighted by molar-refractivity contribution is 6.30. The first-order valence-electron chi connectivity index (χ1n) is 7.90. The Labute approximate surface area is 134 Å². The Morgan fingerprint density at radius 3 is 2.95 bits per heavy atom. The van der Waals surface area contributed by atoms with Crippen molar-refractivity contribution in [3.05, 3.63) is 69.7 Å². The van der Waals surface area contributed by atoms with Crippen molar-refractivity contribution >= 4 is 17.5 Å². The van der Waals surface area contributed by atoms with Crippen molar-refractivity contribution in [2.75, 3.05) is 0 Å². The Bertz CT molecular complexity index is 815. The van der Waals surface area contributed by atoms with Gasteiger partial charge in [-0.25, -0.2) is 0 Å². The summed E-state index contributed by atoms with van der Waals surface area (Å²) in [5, 5.41) is 3.97. The Balaban J connectivity index is 1.71. The first-order chi connectivity index (χ1) is 10.7. The van der Waals surface area contributed by atoms with Gasteiger partial charge in [0, 0.05) is 28.0 Å². The minimum absolute atomic E-state index is 0.0489. The number of aryl methyl sites for hydroxylation is 1. The molecule has 2 aromatic rings. The fourth-order valence-corrected chi connectivity index (χ4v) is 5.05. The Kier molecular flexibility index (Phi) is 2.39. The second kappa shape index (κ2) is 4.14. The summed E-state index contributed by atoms with van der Waals surface area (Å²) in [5.74, 6) is 0.424. The highest BCUT2D eigenvalue weighted by Gasteiger charge is 2.69. The van der Waals surface area contributed by atoms with Crippen LogP contribution in [0, 0.1) is 0 Å². The number of benzene rings is 2. The zero-order valence-electron chi connectivity index (χ0n) is 12.1. The number of amides is 1. The van der Waals surface area contributed by atoms with Gasteiger partial charge < -0.3 is 5.32 Å². The molecule has 1 saturated carbocycles. The van der Waals surface area contributed by atoms with Crippen molar-refractivity contribution in [3.8, 4) is 0 Å². The molecule has 3 aliphatic rings. The molecule has 1 N–H and O–H groups in total. The molecule has 1 fully saturated rings. The molecule has 3 heteroatoms. The minimum atomic E-state index is 0.0489. The van der Waals surface area contributed by atoms with Gasteiger partial charge in [-0.1, -0.05) is 35.9 Å². The molecule has 22 heavy (non-hydrogen) atoms. The van der Waals surface area contributed by atoms with E-state index in [0.717, 1.165) is 29.0 Å². The molecule has 2 nitrogen and oxygen atoms in total. The smallest absolute Gasteiger partial charge is 0.251 e. The molecule has 2 aliphatic carbocycles. The van der Waals surface area contributed by atoms with Crippen molar-refractivity contribution < 1.29 is 4.79 Å². The van der Waals surface area contributed by atoms with E-state index in [4.69, 9.17) is 11.6 Å². The minimum Gasteiger partial charge on any atom is -0.348 e. The van der Waals surface area contributed by atoms with Gasteiger partial charge in [0.15, 0.2) is 0 Å². The maximum atomic E-state index is 12.4. The lowest BCUT2D eigenvalue weighted by atomic mass is 9.77. The lowest BCUT2D eigenvalue weighted by Gasteiger charge is -2.27. The SMILES string of the molecule is O=C1N[C@H]2[C@@H](c3cc(Cl)ccc31)[C@]21CCCc2ccccc21. The van der Waals surface area contributed by atoms with Gasteiger partial charge >= 0.3 is 0 Å². The van der Waals surface area contributed by atoms with E-state index in [1.807, 2.05) is 18.2 Å². The van der Waals surface area contributed by atoms with Gasteiger partial charge in [0.25, 0.3) is 5.91 Å². The standard InChI is InChI=1S/C19H16ClNO/c20-12-7-8-13-14(10-12)16-17(21-18(13)22)19(16)9-3-5-11-4-1-2-6-15(11)19/h1-2,4,6-8,10,16-17H,3,5,9H2,(H,21,22)/t16-,17+,19-/m1/s1. The van der Waals surface area contributed by atoms with Crippen LogP contribution in [0.2, 0.25) is 5.02 Å². The van der Waals surface area contributed by atoms with Gasteiger partial charge in [0.05, 0.1) is 0 Å². The molecular formula is C19H16ClNO. The summed E-state index contributed by atoms with van der Waals surface area (Å²) in [4.78, 5) is 12.4. The van der Waals surface area contributed by atoms with Crippen LogP contribution in [0.1, 0.15) is 45.8 Å². The van der Waals surface area contributed by atoms with Gasteiger partial charge in [0.2, 0.25) is 0 Å². The van der Waals surface area contributed by atoms with E-state index in [2.05, 4.69) is 29.6 Å². The van der Waals surface area contributed by atoms with Gasteiger partial charge in [0.1, 0.15) is 0 Å². The van der Waals surface area contributed by atoms with E-state index in [1.165, 1.54) is 17.5 Å². The predicted molar refractivity (Wildman–Crippen MR) is 86.5 cm³/mol. The number of rotatable bonds is 0. The molecular weight excluding hydrogens is 294 g/mol. The zero-order valence-corrected chi connectivity index (χ0v) is 12.9. The maximum absolute atomic E-state index is 12.4. The average molecular weight is 310 g/mol. The van der Waals surface area contributed by atoms with Crippen molar-refractivity contribution in [2.45, 2.75) is 36.6 Å². The van der Waals surface area contributed by atoms with E-state index >= 15 is 0 Å². The number of fused-ring (bicyclic) bond motifs is 7. The largest absolute Gasteiger partial charge is 0.348 e. The lowest BCUT2D eigenvalue weighted by molar-refractivity contribution is 0.0941. The van der Waals surface area contributed by atoms with Crippen molar-refractivity contribution in [1.29, 1.82) is 0 Å². The summed E-state index contributed by atoms with van der Waals surface area (Å²) in [7, 11) is 0. The normalized spacial score (nSPS) is 31.0. The van der Waals surface area contributed by atoms with Crippen molar-refractivity contribution in [3.63, 3.8) is 0 Å². The van der Waals surface area contributed by atoms with Crippen LogP contribution in [0.5, 0.6) is 0 Å². The fourth-order valence-electron chi connectivity index (χ4n) is 4.87. The van der Waals surface area contributed by atoms with E-state index in [0.29, 0.717) is 5.92 Å². The average Bonchev–Trinajstić information content (AvgIpc) is 3.15. The van der Waals surface area contributed by atoms with E-state index < -0.39 is 0 Å². The molecule has 0 saturated heterocycles. The molecule has 110 valence electrons. The number of nitrogens with one attached hydrogen (secondary N) is 1. The summed E-state index contributed by atoms with van der Waals surface area (Å²) in [5.41, 5.74) is 4.90. The van der Waals surface area contributed by atoms with Crippen LogP contribution in [-0.2, 0) is 11.8 Å². The molecule has 1 spiro atoms. The first kappa shape index (κ1) is 12.7. The number of hydrogen-bond donors (Lipinski definition) is 1. The molecule has 1 heterocycles. The predicted octanol–water partition coefficient (Wildman–Crippen LogP) is 3.82. The number of carbonyl (C=O) groups excluding carboxylic acids is 1. The molecule has 2 aromatic carbocycles. The van der Waals surface area contributed by atoms with Gasteiger partial charge in [-0.2, -0.15) is 0 Å². The summed E-state index contributed by atoms with van der Waals surface area (Å²) < 4.78 is 0. The molecule has 0 unspecified atom stereocenters. The van der Waals surface area contributed by atoms with E-state index in [1.54, 1.807) is 0 Å². The quantitative estimate of drug-likeness (QED) is 0.787. The zero-order chi connectivity index (χ0) is 14.9. The highest BCUT2D eigenvalue weighted by atomic mass is 35.5. The number of halogens is 1. The molecule has 1 amide bonds. The second-order valence-corrected chi connectivity index (χ2v) is 7.15. The van der Waals surface area contributed by atoms with Gasteiger partial charge in [-0.3, -0.25) is 4.79 Å². The van der Waals surface area contributed by atoms with E-state index in [9.17, 15) is 4.79 Å². The van der Waals surface area contributed by atoms with Crippen LogP contribution in [0.25, 0.3) is 0 Å².